The summed E-state index contributed by atoms with van der Waals surface area (Å²) in [5, 5.41) is 20.9. The number of aliphatic hydroxyl groups excluding tert-OH is 2. The molecular formula is C20H18FNO3. The average molecular weight is 339 g/mol. The Morgan fingerprint density at radius 1 is 0.920 bits per heavy atom. The molecule has 128 valence electrons. The van der Waals surface area contributed by atoms with E-state index in [0.29, 0.717) is 17.7 Å². The van der Waals surface area contributed by atoms with Gasteiger partial charge in [-0.1, -0.05) is 30.3 Å². The van der Waals surface area contributed by atoms with E-state index in [1.807, 2.05) is 30.3 Å². The van der Waals surface area contributed by atoms with Gasteiger partial charge in [-0.05, 0) is 42.0 Å². The summed E-state index contributed by atoms with van der Waals surface area (Å²) >= 11 is 0. The van der Waals surface area contributed by atoms with Crippen LogP contribution in [-0.2, 0) is 6.42 Å². The van der Waals surface area contributed by atoms with E-state index < -0.39 is 12.2 Å². The van der Waals surface area contributed by atoms with Crippen molar-refractivity contribution in [3.63, 3.8) is 0 Å². The Labute approximate surface area is 145 Å². The zero-order valence-electron chi connectivity index (χ0n) is 13.4. The lowest BCUT2D eigenvalue weighted by molar-refractivity contribution is 0.0175. The largest absolute Gasteiger partial charge is 0.439 e. The molecular weight excluding hydrogens is 321 g/mol. The van der Waals surface area contributed by atoms with Crippen LogP contribution in [0.1, 0.15) is 17.2 Å². The lowest BCUT2D eigenvalue weighted by atomic mass is 9.99. The molecule has 4 nitrogen and oxygen atoms in total. The quantitative estimate of drug-likeness (QED) is 0.720. The van der Waals surface area contributed by atoms with Gasteiger partial charge in [0, 0.05) is 18.2 Å². The number of aliphatic hydroxyl groups is 2. The molecule has 0 saturated heterocycles. The number of halogens is 1. The van der Waals surface area contributed by atoms with Crippen LogP contribution in [0.5, 0.6) is 11.6 Å². The van der Waals surface area contributed by atoms with E-state index in [-0.39, 0.29) is 11.7 Å². The van der Waals surface area contributed by atoms with Crippen LogP contribution in [0.15, 0.2) is 72.9 Å². The molecule has 3 aromatic rings. The fourth-order valence-electron chi connectivity index (χ4n) is 2.50. The molecule has 3 rings (SSSR count). The highest BCUT2D eigenvalue weighted by atomic mass is 19.1. The van der Waals surface area contributed by atoms with Crippen molar-refractivity contribution in [2.24, 2.45) is 0 Å². The van der Waals surface area contributed by atoms with Crippen LogP contribution in [0.25, 0.3) is 0 Å². The van der Waals surface area contributed by atoms with Crippen molar-refractivity contribution in [2.45, 2.75) is 18.6 Å². The van der Waals surface area contributed by atoms with Crippen LogP contribution in [-0.4, -0.2) is 21.3 Å². The fraction of sp³-hybridized carbons (Fsp3) is 0.150. The third-order valence-corrected chi connectivity index (χ3v) is 3.80. The van der Waals surface area contributed by atoms with Crippen molar-refractivity contribution < 1.29 is 19.3 Å². The minimum Gasteiger partial charge on any atom is -0.439 e. The summed E-state index contributed by atoms with van der Waals surface area (Å²) in [5.74, 6) is 0.201. The van der Waals surface area contributed by atoms with E-state index in [4.69, 9.17) is 4.74 Å². The van der Waals surface area contributed by atoms with Gasteiger partial charge in [0.2, 0.25) is 5.88 Å². The SMILES string of the molecule is OC(Cc1ccccc1)C(O)c1cccnc1Oc1ccc(F)cc1. The molecule has 2 unspecified atom stereocenters. The Morgan fingerprint density at radius 2 is 1.64 bits per heavy atom. The van der Waals surface area contributed by atoms with Crippen molar-refractivity contribution in [1.29, 1.82) is 0 Å². The van der Waals surface area contributed by atoms with Crippen LogP contribution in [0.2, 0.25) is 0 Å². The number of aromatic nitrogens is 1. The molecule has 0 aliphatic carbocycles. The third-order valence-electron chi connectivity index (χ3n) is 3.80. The monoisotopic (exact) mass is 339 g/mol. The molecule has 0 aliphatic rings. The molecule has 0 aliphatic heterocycles. The third kappa shape index (κ3) is 4.41. The maximum absolute atomic E-state index is 13.0. The summed E-state index contributed by atoms with van der Waals surface area (Å²) in [7, 11) is 0. The smallest absolute Gasteiger partial charge is 0.225 e. The highest BCUT2D eigenvalue weighted by molar-refractivity contribution is 5.34. The van der Waals surface area contributed by atoms with Gasteiger partial charge in [0.05, 0.1) is 6.10 Å². The second kappa shape index (κ2) is 7.88. The minimum atomic E-state index is -1.16. The van der Waals surface area contributed by atoms with Gasteiger partial charge in [-0.25, -0.2) is 9.37 Å². The van der Waals surface area contributed by atoms with Gasteiger partial charge in [-0.15, -0.1) is 0 Å². The Hall–Kier alpha value is -2.76. The Morgan fingerprint density at radius 3 is 2.36 bits per heavy atom. The fourth-order valence-corrected chi connectivity index (χ4v) is 2.50. The molecule has 0 fully saturated rings. The van der Waals surface area contributed by atoms with E-state index in [9.17, 15) is 14.6 Å². The lowest BCUT2D eigenvalue weighted by Gasteiger charge is -2.20. The number of benzene rings is 2. The van der Waals surface area contributed by atoms with E-state index >= 15 is 0 Å². The molecule has 5 heteroatoms. The number of pyridine rings is 1. The van der Waals surface area contributed by atoms with E-state index in [0.717, 1.165) is 5.56 Å². The molecule has 25 heavy (non-hydrogen) atoms. The molecule has 0 spiro atoms. The summed E-state index contributed by atoms with van der Waals surface area (Å²) in [6, 6.07) is 18.2. The van der Waals surface area contributed by atoms with Crippen LogP contribution in [0.3, 0.4) is 0 Å². The first-order valence-corrected chi connectivity index (χ1v) is 7.92. The predicted molar refractivity (Wildman–Crippen MR) is 91.8 cm³/mol. The zero-order valence-corrected chi connectivity index (χ0v) is 13.4. The predicted octanol–water partition coefficient (Wildman–Crippen LogP) is 3.65. The first-order chi connectivity index (χ1) is 12.1. The van der Waals surface area contributed by atoms with E-state index in [2.05, 4.69) is 4.98 Å². The van der Waals surface area contributed by atoms with Gasteiger partial charge in [0.1, 0.15) is 17.7 Å². The van der Waals surface area contributed by atoms with Gasteiger partial charge in [-0.3, -0.25) is 0 Å². The molecule has 0 radical (unpaired) electrons. The summed E-state index contributed by atoms with van der Waals surface area (Å²) in [5.41, 5.74) is 1.29. The van der Waals surface area contributed by atoms with Crippen LogP contribution < -0.4 is 4.74 Å². The van der Waals surface area contributed by atoms with Gasteiger partial charge < -0.3 is 14.9 Å². The van der Waals surface area contributed by atoms with Crippen molar-refractivity contribution in [2.75, 3.05) is 0 Å². The molecule has 0 saturated carbocycles. The summed E-state index contributed by atoms with van der Waals surface area (Å²) in [6.07, 6.45) is -0.350. The van der Waals surface area contributed by atoms with Gasteiger partial charge >= 0.3 is 0 Å². The zero-order chi connectivity index (χ0) is 17.6. The second-order valence-corrected chi connectivity index (χ2v) is 5.66. The highest BCUT2D eigenvalue weighted by Crippen LogP contribution is 2.30. The lowest BCUT2D eigenvalue weighted by Crippen LogP contribution is -2.21. The second-order valence-electron chi connectivity index (χ2n) is 5.66. The Kier molecular flexibility index (Phi) is 5.38. The van der Waals surface area contributed by atoms with Crippen molar-refractivity contribution >= 4 is 0 Å². The topological polar surface area (TPSA) is 62.6 Å². The normalized spacial score (nSPS) is 13.2. The summed E-state index contributed by atoms with van der Waals surface area (Å²) in [6.45, 7) is 0. The van der Waals surface area contributed by atoms with E-state index in [1.54, 1.807) is 12.1 Å². The number of hydrogen-bond donors (Lipinski definition) is 2. The Balaban J connectivity index is 1.78. The first-order valence-electron chi connectivity index (χ1n) is 7.92. The van der Waals surface area contributed by atoms with Gasteiger partial charge in [-0.2, -0.15) is 0 Å². The number of hydrogen-bond acceptors (Lipinski definition) is 4. The summed E-state index contributed by atoms with van der Waals surface area (Å²) < 4.78 is 18.6. The van der Waals surface area contributed by atoms with Crippen LogP contribution >= 0.6 is 0 Å². The van der Waals surface area contributed by atoms with Crippen molar-refractivity contribution in [3.8, 4) is 11.6 Å². The standard InChI is InChI=1S/C20H18FNO3/c21-15-8-10-16(11-9-15)25-20-17(7-4-12-22-20)19(24)18(23)13-14-5-2-1-3-6-14/h1-12,18-19,23-24H,13H2. The first kappa shape index (κ1) is 17.1. The summed E-state index contributed by atoms with van der Waals surface area (Å²) in [4.78, 5) is 4.12. The molecule has 2 N–H and O–H groups in total. The number of nitrogens with zero attached hydrogens (tertiary/aromatic N) is 1. The van der Waals surface area contributed by atoms with Gasteiger partial charge in [0.15, 0.2) is 0 Å². The molecule has 2 atom stereocenters. The average Bonchev–Trinajstić information content (AvgIpc) is 2.64. The van der Waals surface area contributed by atoms with E-state index in [1.165, 1.54) is 30.5 Å². The molecule has 1 aromatic heterocycles. The van der Waals surface area contributed by atoms with Crippen LogP contribution in [0.4, 0.5) is 4.39 Å². The molecule has 0 bridgehead atoms. The number of rotatable bonds is 6. The van der Waals surface area contributed by atoms with Crippen molar-refractivity contribution in [1.82, 2.24) is 4.98 Å². The highest BCUT2D eigenvalue weighted by Gasteiger charge is 2.23. The molecule has 1 heterocycles. The maximum atomic E-state index is 13.0. The van der Waals surface area contributed by atoms with Gasteiger partial charge in [0.25, 0.3) is 0 Å². The molecule has 2 aromatic carbocycles. The minimum absolute atomic E-state index is 0.175. The van der Waals surface area contributed by atoms with Crippen LogP contribution in [0, 0.1) is 5.82 Å². The number of ether oxygens (including phenoxy) is 1. The Bertz CT molecular complexity index is 809. The maximum Gasteiger partial charge on any atom is 0.225 e. The van der Waals surface area contributed by atoms with Crippen molar-refractivity contribution in [3.05, 3.63) is 89.9 Å². The molecule has 0 amide bonds.